The first-order valence-corrected chi connectivity index (χ1v) is 7.53. The normalized spacial score (nSPS) is 16.3. The molecule has 1 N–H and O–H groups in total. The first kappa shape index (κ1) is 15.9. The van der Waals surface area contributed by atoms with Crippen molar-refractivity contribution >= 4 is 23.3 Å². The van der Waals surface area contributed by atoms with Crippen molar-refractivity contribution < 1.29 is 18.7 Å². The van der Waals surface area contributed by atoms with Crippen LogP contribution in [0.4, 0.5) is 15.9 Å². The Kier molecular flexibility index (Phi) is 4.41. The molecule has 0 bridgehead atoms. The zero-order valence-corrected chi connectivity index (χ0v) is 13.0. The smallest absolute Gasteiger partial charge is 0.267 e. The SMILES string of the molecule is CC1Oc2ccccc2N(CCC(=O)Nc2ccc(F)cn2)C1=O. The maximum Gasteiger partial charge on any atom is 0.267 e. The average Bonchev–Trinajstić information content (AvgIpc) is 2.57. The Morgan fingerprint density at radius 1 is 1.33 bits per heavy atom. The summed E-state index contributed by atoms with van der Waals surface area (Å²) in [6, 6.07) is 9.79. The molecule has 3 rings (SSSR count). The van der Waals surface area contributed by atoms with E-state index in [-0.39, 0.29) is 30.6 Å². The number of hydrogen-bond donors (Lipinski definition) is 1. The van der Waals surface area contributed by atoms with Gasteiger partial charge in [-0.3, -0.25) is 9.59 Å². The van der Waals surface area contributed by atoms with E-state index in [0.717, 1.165) is 6.20 Å². The highest BCUT2D eigenvalue weighted by atomic mass is 19.1. The van der Waals surface area contributed by atoms with Gasteiger partial charge in [0, 0.05) is 13.0 Å². The maximum atomic E-state index is 12.8. The molecule has 1 aliphatic rings. The molecule has 2 aromatic rings. The van der Waals surface area contributed by atoms with Crippen LogP contribution in [0.3, 0.4) is 0 Å². The number of rotatable bonds is 4. The van der Waals surface area contributed by atoms with Crippen LogP contribution in [0.25, 0.3) is 0 Å². The van der Waals surface area contributed by atoms with Gasteiger partial charge in [0.2, 0.25) is 5.91 Å². The van der Waals surface area contributed by atoms with Crippen molar-refractivity contribution in [1.82, 2.24) is 4.98 Å². The fourth-order valence-corrected chi connectivity index (χ4v) is 2.46. The zero-order chi connectivity index (χ0) is 17.1. The predicted octanol–water partition coefficient (Wildman–Crippen LogP) is 2.36. The molecular weight excluding hydrogens is 313 g/mol. The van der Waals surface area contributed by atoms with Crippen molar-refractivity contribution in [2.24, 2.45) is 0 Å². The number of nitrogens with one attached hydrogen (secondary N) is 1. The van der Waals surface area contributed by atoms with Crippen LogP contribution < -0.4 is 15.0 Å². The van der Waals surface area contributed by atoms with E-state index in [0.29, 0.717) is 11.4 Å². The summed E-state index contributed by atoms with van der Waals surface area (Å²) < 4.78 is 18.4. The molecule has 7 heteroatoms. The van der Waals surface area contributed by atoms with Gasteiger partial charge in [-0.1, -0.05) is 12.1 Å². The van der Waals surface area contributed by atoms with E-state index in [4.69, 9.17) is 4.74 Å². The third kappa shape index (κ3) is 3.34. The highest BCUT2D eigenvalue weighted by molar-refractivity contribution is 6.00. The third-order valence-electron chi connectivity index (χ3n) is 3.63. The van der Waals surface area contributed by atoms with E-state index in [1.807, 2.05) is 6.07 Å². The summed E-state index contributed by atoms with van der Waals surface area (Å²) in [5.74, 6) is -0.0915. The molecule has 1 aliphatic heterocycles. The number of nitrogens with zero attached hydrogens (tertiary/aromatic N) is 2. The number of hydrogen-bond acceptors (Lipinski definition) is 4. The van der Waals surface area contributed by atoms with E-state index < -0.39 is 11.9 Å². The molecule has 2 amide bonds. The van der Waals surface area contributed by atoms with Gasteiger partial charge in [0.05, 0.1) is 11.9 Å². The van der Waals surface area contributed by atoms with Crippen molar-refractivity contribution in [2.75, 3.05) is 16.8 Å². The Labute approximate surface area is 138 Å². The van der Waals surface area contributed by atoms with E-state index in [9.17, 15) is 14.0 Å². The van der Waals surface area contributed by atoms with Gasteiger partial charge in [0.1, 0.15) is 17.4 Å². The summed E-state index contributed by atoms with van der Waals surface area (Å²) in [5.41, 5.74) is 0.647. The number of carbonyl (C=O) groups is 2. The number of ether oxygens (including phenoxy) is 1. The highest BCUT2D eigenvalue weighted by Crippen LogP contribution is 2.33. The summed E-state index contributed by atoms with van der Waals surface area (Å²) in [6.45, 7) is 1.89. The third-order valence-corrected chi connectivity index (χ3v) is 3.63. The summed E-state index contributed by atoms with van der Waals surface area (Å²) >= 11 is 0. The van der Waals surface area contributed by atoms with E-state index >= 15 is 0 Å². The van der Waals surface area contributed by atoms with Crippen molar-refractivity contribution in [3.63, 3.8) is 0 Å². The van der Waals surface area contributed by atoms with Gasteiger partial charge in [-0.2, -0.15) is 0 Å². The Bertz CT molecular complexity index is 764. The Hall–Kier alpha value is -2.96. The Morgan fingerprint density at radius 3 is 2.88 bits per heavy atom. The van der Waals surface area contributed by atoms with Crippen molar-refractivity contribution in [2.45, 2.75) is 19.4 Å². The van der Waals surface area contributed by atoms with Gasteiger partial charge in [-0.05, 0) is 31.2 Å². The van der Waals surface area contributed by atoms with Crippen molar-refractivity contribution in [3.8, 4) is 5.75 Å². The molecule has 0 saturated heterocycles. The molecule has 0 fully saturated rings. The molecule has 2 heterocycles. The number of halogens is 1. The Morgan fingerprint density at radius 2 is 2.12 bits per heavy atom. The number of para-hydroxylation sites is 2. The van der Waals surface area contributed by atoms with Crippen LogP contribution in [-0.4, -0.2) is 29.4 Å². The number of carbonyl (C=O) groups excluding carboxylic acids is 2. The minimum atomic E-state index is -0.596. The number of fused-ring (bicyclic) bond motifs is 1. The minimum Gasteiger partial charge on any atom is -0.479 e. The second-order valence-electron chi connectivity index (χ2n) is 5.38. The lowest BCUT2D eigenvalue weighted by molar-refractivity contribution is -0.125. The first-order chi connectivity index (χ1) is 11.5. The largest absolute Gasteiger partial charge is 0.479 e. The minimum absolute atomic E-state index is 0.0891. The fraction of sp³-hybridized carbons (Fsp3) is 0.235. The van der Waals surface area contributed by atoms with Crippen LogP contribution in [0.1, 0.15) is 13.3 Å². The van der Waals surface area contributed by atoms with Gasteiger partial charge in [0.25, 0.3) is 5.91 Å². The molecule has 6 nitrogen and oxygen atoms in total. The van der Waals surface area contributed by atoms with Gasteiger partial charge in [0.15, 0.2) is 6.10 Å². The average molecular weight is 329 g/mol. The zero-order valence-electron chi connectivity index (χ0n) is 13.0. The molecule has 1 aromatic carbocycles. The van der Waals surface area contributed by atoms with Crippen LogP contribution in [-0.2, 0) is 9.59 Å². The van der Waals surface area contributed by atoms with E-state index in [1.165, 1.54) is 12.1 Å². The topological polar surface area (TPSA) is 71.5 Å². The van der Waals surface area contributed by atoms with Crippen molar-refractivity contribution in [1.29, 1.82) is 0 Å². The fourth-order valence-electron chi connectivity index (χ4n) is 2.46. The maximum absolute atomic E-state index is 12.8. The van der Waals surface area contributed by atoms with Crippen LogP contribution in [0.5, 0.6) is 5.75 Å². The highest BCUT2D eigenvalue weighted by Gasteiger charge is 2.31. The summed E-state index contributed by atoms with van der Waals surface area (Å²) in [4.78, 5) is 29.6. The number of amides is 2. The molecule has 0 spiro atoms. The molecule has 0 aliphatic carbocycles. The van der Waals surface area contributed by atoms with E-state index in [1.54, 1.807) is 30.0 Å². The molecular formula is C17H16FN3O3. The van der Waals surface area contributed by atoms with Gasteiger partial charge in [-0.15, -0.1) is 0 Å². The number of pyridine rings is 1. The standard InChI is InChI=1S/C17H16FN3O3/c1-11-17(23)21(13-4-2-3-5-14(13)24-11)9-8-16(22)20-15-7-6-12(18)10-19-15/h2-7,10-11H,8-9H2,1H3,(H,19,20,22). The van der Waals surface area contributed by atoms with Gasteiger partial charge < -0.3 is 15.0 Å². The van der Waals surface area contributed by atoms with Crippen LogP contribution in [0.15, 0.2) is 42.6 Å². The molecule has 0 radical (unpaired) electrons. The quantitative estimate of drug-likeness (QED) is 0.935. The summed E-state index contributed by atoms with van der Waals surface area (Å²) in [5, 5.41) is 2.57. The van der Waals surface area contributed by atoms with Gasteiger partial charge >= 0.3 is 0 Å². The van der Waals surface area contributed by atoms with Gasteiger partial charge in [-0.25, -0.2) is 9.37 Å². The predicted molar refractivity (Wildman–Crippen MR) is 86.3 cm³/mol. The lowest BCUT2D eigenvalue weighted by atomic mass is 10.1. The second-order valence-corrected chi connectivity index (χ2v) is 5.38. The first-order valence-electron chi connectivity index (χ1n) is 7.53. The molecule has 1 aromatic heterocycles. The lowest BCUT2D eigenvalue weighted by Gasteiger charge is -2.32. The Balaban J connectivity index is 1.66. The monoisotopic (exact) mass is 329 g/mol. The lowest BCUT2D eigenvalue weighted by Crippen LogP contribution is -2.45. The number of anilines is 2. The molecule has 24 heavy (non-hydrogen) atoms. The van der Waals surface area contributed by atoms with Crippen LogP contribution >= 0.6 is 0 Å². The number of benzene rings is 1. The number of aromatic nitrogens is 1. The molecule has 0 saturated carbocycles. The van der Waals surface area contributed by atoms with Crippen molar-refractivity contribution in [3.05, 3.63) is 48.4 Å². The van der Waals surface area contributed by atoms with Crippen LogP contribution in [0.2, 0.25) is 0 Å². The molecule has 1 atom stereocenters. The van der Waals surface area contributed by atoms with E-state index in [2.05, 4.69) is 10.3 Å². The molecule has 124 valence electrons. The molecule has 1 unspecified atom stereocenters. The summed E-state index contributed by atoms with van der Waals surface area (Å²) in [6.07, 6.45) is 0.520. The van der Waals surface area contributed by atoms with Crippen LogP contribution in [0, 0.1) is 5.82 Å². The summed E-state index contributed by atoms with van der Waals surface area (Å²) in [7, 11) is 0. The second kappa shape index (κ2) is 6.66.